The molecule has 5 nitrogen and oxygen atoms in total. The maximum absolute atomic E-state index is 12.1. The van der Waals surface area contributed by atoms with E-state index in [0.29, 0.717) is 18.0 Å². The molecule has 23 heavy (non-hydrogen) atoms. The number of carbonyl (C=O) groups excluding carboxylic acids is 1. The molecular formula is C18H17N3O2. The largest absolute Gasteiger partial charge is 0.497 e. The molecule has 1 aromatic heterocycles. The van der Waals surface area contributed by atoms with Gasteiger partial charge >= 0.3 is 6.03 Å². The third-order valence-electron chi connectivity index (χ3n) is 3.46. The number of hydrogen-bond acceptors (Lipinski definition) is 3. The monoisotopic (exact) mass is 307 g/mol. The van der Waals surface area contributed by atoms with E-state index in [9.17, 15) is 4.79 Å². The van der Waals surface area contributed by atoms with E-state index in [-0.39, 0.29) is 6.03 Å². The van der Waals surface area contributed by atoms with Crippen LogP contribution in [0.15, 0.2) is 60.8 Å². The van der Waals surface area contributed by atoms with Crippen molar-refractivity contribution in [2.45, 2.75) is 6.54 Å². The minimum absolute atomic E-state index is 0.283. The summed E-state index contributed by atoms with van der Waals surface area (Å²) in [6.07, 6.45) is 1.70. The summed E-state index contributed by atoms with van der Waals surface area (Å²) >= 11 is 0. The Labute approximate surface area is 134 Å². The van der Waals surface area contributed by atoms with Crippen molar-refractivity contribution in [2.75, 3.05) is 12.4 Å². The van der Waals surface area contributed by atoms with Crippen LogP contribution < -0.4 is 15.4 Å². The predicted molar refractivity (Wildman–Crippen MR) is 90.6 cm³/mol. The van der Waals surface area contributed by atoms with Gasteiger partial charge in [0.15, 0.2) is 0 Å². The van der Waals surface area contributed by atoms with Crippen LogP contribution in [0.4, 0.5) is 10.5 Å². The van der Waals surface area contributed by atoms with E-state index < -0.39 is 0 Å². The molecular weight excluding hydrogens is 290 g/mol. The lowest BCUT2D eigenvalue weighted by Gasteiger charge is -2.11. The first-order valence-corrected chi connectivity index (χ1v) is 7.28. The Kier molecular flexibility index (Phi) is 4.38. The maximum Gasteiger partial charge on any atom is 0.319 e. The fraction of sp³-hybridized carbons (Fsp3) is 0.111. The molecule has 0 aliphatic heterocycles. The minimum Gasteiger partial charge on any atom is -0.497 e. The van der Waals surface area contributed by atoms with Crippen LogP contribution in [-0.4, -0.2) is 18.1 Å². The molecule has 0 spiro atoms. The lowest BCUT2D eigenvalue weighted by Crippen LogP contribution is -2.28. The average molecular weight is 307 g/mol. The molecule has 0 saturated heterocycles. The number of anilines is 1. The van der Waals surface area contributed by atoms with Crippen molar-refractivity contribution in [2.24, 2.45) is 0 Å². The Bertz CT molecular complexity index is 819. The van der Waals surface area contributed by atoms with Gasteiger partial charge < -0.3 is 15.4 Å². The number of nitrogens with zero attached hydrogens (tertiary/aromatic N) is 1. The van der Waals surface area contributed by atoms with Gasteiger partial charge in [0.2, 0.25) is 0 Å². The first kappa shape index (κ1) is 14.8. The van der Waals surface area contributed by atoms with E-state index in [0.717, 1.165) is 16.5 Å². The van der Waals surface area contributed by atoms with Crippen LogP contribution in [0.5, 0.6) is 5.75 Å². The molecule has 3 aromatic rings. The number of pyridine rings is 1. The highest BCUT2D eigenvalue weighted by Crippen LogP contribution is 2.27. The number of nitrogens with one attached hydrogen (secondary N) is 2. The van der Waals surface area contributed by atoms with E-state index >= 15 is 0 Å². The standard InChI is InChI=1S/C18H17N3O2/c1-23-15-10-14-8-5-9-19-17(14)16(11-15)21-18(22)20-12-13-6-3-2-4-7-13/h2-11H,12H2,1H3,(H2,20,21,22). The third kappa shape index (κ3) is 3.58. The summed E-state index contributed by atoms with van der Waals surface area (Å²) in [5.41, 5.74) is 2.38. The molecule has 2 amide bonds. The summed E-state index contributed by atoms with van der Waals surface area (Å²) in [5, 5.41) is 6.58. The molecule has 3 rings (SSSR count). The quantitative estimate of drug-likeness (QED) is 0.774. The lowest BCUT2D eigenvalue weighted by molar-refractivity contribution is 0.252. The molecule has 1 heterocycles. The number of benzene rings is 2. The summed E-state index contributed by atoms with van der Waals surface area (Å²) in [6.45, 7) is 0.460. The zero-order valence-corrected chi connectivity index (χ0v) is 12.7. The van der Waals surface area contributed by atoms with Gasteiger partial charge in [-0.2, -0.15) is 0 Å². The first-order chi connectivity index (χ1) is 11.3. The smallest absolute Gasteiger partial charge is 0.319 e. The van der Waals surface area contributed by atoms with Crippen molar-refractivity contribution >= 4 is 22.6 Å². The van der Waals surface area contributed by atoms with Gasteiger partial charge in [-0.05, 0) is 17.7 Å². The van der Waals surface area contributed by atoms with Crippen molar-refractivity contribution in [1.82, 2.24) is 10.3 Å². The fourth-order valence-corrected chi connectivity index (χ4v) is 2.32. The van der Waals surface area contributed by atoms with Gasteiger partial charge in [-0.3, -0.25) is 4.98 Å². The number of methoxy groups -OCH3 is 1. The van der Waals surface area contributed by atoms with Crippen LogP contribution in [0.25, 0.3) is 10.9 Å². The van der Waals surface area contributed by atoms with Crippen molar-refractivity contribution in [3.05, 3.63) is 66.4 Å². The zero-order chi connectivity index (χ0) is 16.1. The van der Waals surface area contributed by atoms with Gasteiger partial charge in [0.05, 0.1) is 18.3 Å². The number of hydrogen-bond donors (Lipinski definition) is 2. The molecule has 2 aromatic carbocycles. The number of aromatic nitrogens is 1. The van der Waals surface area contributed by atoms with Crippen molar-refractivity contribution in [3.63, 3.8) is 0 Å². The van der Waals surface area contributed by atoms with E-state index in [2.05, 4.69) is 15.6 Å². The number of amides is 2. The van der Waals surface area contributed by atoms with E-state index in [4.69, 9.17) is 4.74 Å². The lowest BCUT2D eigenvalue weighted by atomic mass is 10.2. The topological polar surface area (TPSA) is 63.2 Å². The number of ether oxygens (including phenoxy) is 1. The van der Waals surface area contributed by atoms with Gasteiger partial charge in [0.25, 0.3) is 0 Å². The van der Waals surface area contributed by atoms with Crippen molar-refractivity contribution < 1.29 is 9.53 Å². The van der Waals surface area contributed by atoms with Crippen LogP contribution in [0.2, 0.25) is 0 Å². The highest BCUT2D eigenvalue weighted by molar-refractivity contribution is 6.00. The second-order valence-electron chi connectivity index (χ2n) is 5.04. The second kappa shape index (κ2) is 6.79. The Morgan fingerprint density at radius 2 is 1.96 bits per heavy atom. The highest BCUT2D eigenvalue weighted by atomic mass is 16.5. The molecule has 0 bridgehead atoms. The van der Waals surface area contributed by atoms with Crippen molar-refractivity contribution in [1.29, 1.82) is 0 Å². The molecule has 0 saturated carbocycles. The average Bonchev–Trinajstić information content (AvgIpc) is 2.60. The molecule has 116 valence electrons. The van der Waals surface area contributed by atoms with Crippen LogP contribution in [-0.2, 0) is 6.54 Å². The molecule has 0 unspecified atom stereocenters. The Morgan fingerprint density at radius 1 is 1.13 bits per heavy atom. The number of fused-ring (bicyclic) bond motifs is 1. The summed E-state index contributed by atoms with van der Waals surface area (Å²) in [4.78, 5) is 16.5. The Hall–Kier alpha value is -3.08. The van der Waals surface area contributed by atoms with Gasteiger partial charge in [-0.1, -0.05) is 36.4 Å². The third-order valence-corrected chi connectivity index (χ3v) is 3.46. The van der Waals surface area contributed by atoms with Gasteiger partial charge in [-0.25, -0.2) is 4.79 Å². The normalized spacial score (nSPS) is 10.3. The minimum atomic E-state index is -0.283. The molecule has 5 heteroatoms. The summed E-state index contributed by atoms with van der Waals surface area (Å²) in [5.74, 6) is 0.670. The molecule has 2 N–H and O–H groups in total. The van der Waals surface area contributed by atoms with E-state index in [1.165, 1.54) is 0 Å². The van der Waals surface area contributed by atoms with Gasteiger partial charge in [-0.15, -0.1) is 0 Å². The summed E-state index contributed by atoms with van der Waals surface area (Å²) < 4.78 is 5.27. The van der Waals surface area contributed by atoms with Crippen LogP contribution in [0.3, 0.4) is 0 Å². The molecule has 0 fully saturated rings. The molecule has 0 aliphatic rings. The van der Waals surface area contributed by atoms with Crippen LogP contribution in [0, 0.1) is 0 Å². The van der Waals surface area contributed by atoms with E-state index in [1.54, 1.807) is 19.4 Å². The zero-order valence-electron chi connectivity index (χ0n) is 12.7. The Balaban J connectivity index is 1.76. The predicted octanol–water partition coefficient (Wildman–Crippen LogP) is 3.57. The van der Waals surface area contributed by atoms with Crippen LogP contribution >= 0.6 is 0 Å². The Morgan fingerprint density at radius 3 is 2.74 bits per heavy atom. The van der Waals surface area contributed by atoms with Gasteiger partial charge in [0.1, 0.15) is 5.75 Å². The fourth-order valence-electron chi connectivity index (χ4n) is 2.32. The number of rotatable bonds is 4. The first-order valence-electron chi connectivity index (χ1n) is 7.28. The molecule has 0 radical (unpaired) electrons. The number of urea groups is 1. The highest BCUT2D eigenvalue weighted by Gasteiger charge is 2.09. The SMILES string of the molecule is COc1cc(NC(=O)NCc2ccccc2)c2ncccc2c1. The number of carbonyl (C=O) groups is 1. The van der Waals surface area contributed by atoms with Crippen molar-refractivity contribution in [3.8, 4) is 5.75 Å². The van der Waals surface area contributed by atoms with Crippen LogP contribution in [0.1, 0.15) is 5.56 Å². The maximum atomic E-state index is 12.1. The molecule has 0 aliphatic carbocycles. The summed E-state index contributed by atoms with van der Waals surface area (Å²) in [6, 6.07) is 16.9. The van der Waals surface area contributed by atoms with Gasteiger partial charge in [0, 0.05) is 24.2 Å². The van der Waals surface area contributed by atoms with E-state index in [1.807, 2.05) is 48.5 Å². The molecule has 0 atom stereocenters. The summed E-state index contributed by atoms with van der Waals surface area (Å²) in [7, 11) is 1.59. The second-order valence-corrected chi connectivity index (χ2v) is 5.04.